The Hall–Kier alpha value is -2.94. The van der Waals surface area contributed by atoms with Gasteiger partial charge in [-0.05, 0) is 24.3 Å². The molecule has 0 saturated carbocycles. The lowest BCUT2D eigenvalue weighted by Crippen LogP contribution is -2.37. The number of nitrogens with one attached hydrogen (secondary N) is 2. The molecule has 0 aliphatic carbocycles. The number of amides is 3. The predicted octanol–water partition coefficient (Wildman–Crippen LogP) is 1.26. The molecule has 0 spiro atoms. The molecule has 1 aliphatic heterocycles. The molecule has 3 rings (SSSR count). The Labute approximate surface area is 154 Å². The Morgan fingerprint density at radius 2 is 2.12 bits per heavy atom. The van der Waals surface area contributed by atoms with Gasteiger partial charge in [0.15, 0.2) is 5.13 Å². The molecule has 1 aromatic heterocycles. The molecule has 26 heavy (non-hydrogen) atoms. The van der Waals surface area contributed by atoms with Crippen LogP contribution in [0.4, 0.5) is 10.8 Å². The van der Waals surface area contributed by atoms with E-state index in [1.54, 1.807) is 47.9 Å². The van der Waals surface area contributed by atoms with Gasteiger partial charge in [-0.2, -0.15) is 0 Å². The maximum atomic E-state index is 12.3. The van der Waals surface area contributed by atoms with Crippen LogP contribution in [-0.2, 0) is 14.4 Å². The number of anilines is 2. The van der Waals surface area contributed by atoms with Gasteiger partial charge in [-0.3, -0.25) is 14.4 Å². The van der Waals surface area contributed by atoms with Gasteiger partial charge in [0.1, 0.15) is 5.75 Å². The largest absolute Gasteiger partial charge is 0.497 e. The lowest BCUT2D eigenvalue weighted by Gasteiger charge is -2.17. The summed E-state index contributed by atoms with van der Waals surface area (Å²) < 4.78 is 5.10. The summed E-state index contributed by atoms with van der Waals surface area (Å²) in [6.07, 6.45) is 1.70. The molecule has 1 aliphatic rings. The highest BCUT2D eigenvalue weighted by Crippen LogP contribution is 2.26. The Kier molecular flexibility index (Phi) is 5.47. The smallest absolute Gasteiger partial charge is 0.245 e. The first-order valence-electron chi connectivity index (χ1n) is 7.98. The minimum atomic E-state index is -0.489. The van der Waals surface area contributed by atoms with Gasteiger partial charge in [0, 0.05) is 30.2 Å². The third-order valence-corrected chi connectivity index (χ3v) is 4.67. The minimum absolute atomic E-state index is 0.117. The topological polar surface area (TPSA) is 101 Å². The first-order valence-corrected chi connectivity index (χ1v) is 8.86. The van der Waals surface area contributed by atoms with Crippen LogP contribution in [0.15, 0.2) is 35.8 Å². The zero-order valence-corrected chi connectivity index (χ0v) is 14.9. The van der Waals surface area contributed by atoms with E-state index in [0.29, 0.717) is 16.6 Å². The zero-order chi connectivity index (χ0) is 18.5. The molecule has 1 atom stereocenters. The average Bonchev–Trinajstić information content (AvgIpc) is 3.29. The molecule has 1 aromatic carbocycles. The van der Waals surface area contributed by atoms with Crippen LogP contribution >= 0.6 is 11.3 Å². The molecule has 1 fully saturated rings. The van der Waals surface area contributed by atoms with Crippen molar-refractivity contribution in [2.75, 3.05) is 30.4 Å². The number of carbonyl (C=O) groups is 3. The second-order valence-corrected chi connectivity index (χ2v) is 6.60. The van der Waals surface area contributed by atoms with Crippen LogP contribution in [0.2, 0.25) is 0 Å². The van der Waals surface area contributed by atoms with E-state index in [0.717, 1.165) is 0 Å². The molecule has 9 heteroatoms. The normalized spacial score (nSPS) is 16.4. The first-order chi connectivity index (χ1) is 12.6. The predicted molar refractivity (Wildman–Crippen MR) is 97.2 cm³/mol. The van der Waals surface area contributed by atoms with E-state index in [2.05, 4.69) is 15.6 Å². The van der Waals surface area contributed by atoms with Gasteiger partial charge in [-0.1, -0.05) is 0 Å². The number of benzene rings is 1. The third kappa shape index (κ3) is 4.17. The van der Waals surface area contributed by atoms with Gasteiger partial charge >= 0.3 is 0 Å². The van der Waals surface area contributed by atoms with Crippen LogP contribution in [-0.4, -0.2) is 42.9 Å². The second kappa shape index (κ2) is 7.96. The lowest BCUT2D eigenvalue weighted by molar-refractivity contribution is -0.127. The highest BCUT2D eigenvalue weighted by Gasteiger charge is 2.35. The standard InChI is InChI=1S/C17H18N4O4S/c1-25-13-4-2-12(3-5-13)21-10-11(8-15(21)23)16(24)19-9-14(22)20-17-18-6-7-26-17/h2-7,11H,8-10H2,1H3,(H,19,24)(H,18,20,22). The van der Waals surface area contributed by atoms with E-state index in [9.17, 15) is 14.4 Å². The number of carbonyl (C=O) groups excluding carboxylic acids is 3. The summed E-state index contributed by atoms with van der Waals surface area (Å²) in [6, 6.07) is 7.08. The van der Waals surface area contributed by atoms with Crippen LogP contribution in [0, 0.1) is 5.92 Å². The molecular weight excluding hydrogens is 356 g/mol. The van der Waals surface area contributed by atoms with Crippen LogP contribution in [0.3, 0.4) is 0 Å². The summed E-state index contributed by atoms with van der Waals surface area (Å²) >= 11 is 1.30. The van der Waals surface area contributed by atoms with Crippen molar-refractivity contribution in [1.82, 2.24) is 10.3 Å². The molecule has 0 bridgehead atoms. The van der Waals surface area contributed by atoms with Crippen molar-refractivity contribution >= 4 is 39.9 Å². The van der Waals surface area contributed by atoms with Gasteiger partial charge in [0.2, 0.25) is 17.7 Å². The van der Waals surface area contributed by atoms with Crippen molar-refractivity contribution in [3.63, 3.8) is 0 Å². The Balaban J connectivity index is 1.52. The number of nitrogens with zero attached hydrogens (tertiary/aromatic N) is 2. The quantitative estimate of drug-likeness (QED) is 0.793. The third-order valence-electron chi connectivity index (χ3n) is 3.98. The molecule has 2 aromatic rings. The fraction of sp³-hybridized carbons (Fsp3) is 0.294. The summed E-state index contributed by atoms with van der Waals surface area (Å²) in [5.41, 5.74) is 0.715. The van der Waals surface area contributed by atoms with Crippen molar-refractivity contribution in [1.29, 1.82) is 0 Å². The number of methoxy groups -OCH3 is 1. The highest BCUT2D eigenvalue weighted by atomic mass is 32.1. The maximum absolute atomic E-state index is 12.3. The Bertz CT molecular complexity index is 792. The van der Waals surface area contributed by atoms with Crippen LogP contribution in [0.1, 0.15) is 6.42 Å². The summed E-state index contributed by atoms with van der Waals surface area (Å²) in [7, 11) is 1.57. The van der Waals surface area contributed by atoms with E-state index < -0.39 is 5.92 Å². The fourth-order valence-corrected chi connectivity index (χ4v) is 3.20. The number of rotatable bonds is 6. The van der Waals surface area contributed by atoms with Crippen molar-refractivity contribution in [3.05, 3.63) is 35.8 Å². The molecule has 3 amide bonds. The lowest BCUT2D eigenvalue weighted by atomic mass is 10.1. The van der Waals surface area contributed by atoms with Crippen molar-refractivity contribution < 1.29 is 19.1 Å². The summed E-state index contributed by atoms with van der Waals surface area (Å²) in [4.78, 5) is 41.8. The Morgan fingerprint density at radius 1 is 1.35 bits per heavy atom. The summed E-state index contributed by atoms with van der Waals surface area (Å²) in [6.45, 7) is 0.122. The second-order valence-electron chi connectivity index (χ2n) is 5.71. The molecular formula is C17H18N4O4S. The summed E-state index contributed by atoms with van der Waals surface area (Å²) in [5, 5.41) is 7.38. The fourth-order valence-electron chi connectivity index (χ4n) is 2.66. The number of thiazole rings is 1. The Morgan fingerprint density at radius 3 is 2.77 bits per heavy atom. The monoisotopic (exact) mass is 374 g/mol. The molecule has 2 heterocycles. The van der Waals surface area contributed by atoms with Crippen LogP contribution in [0.25, 0.3) is 0 Å². The highest BCUT2D eigenvalue weighted by molar-refractivity contribution is 7.13. The van der Waals surface area contributed by atoms with Crippen LogP contribution < -0.4 is 20.3 Å². The number of hydrogen-bond donors (Lipinski definition) is 2. The number of hydrogen-bond acceptors (Lipinski definition) is 6. The average molecular weight is 374 g/mol. The van der Waals surface area contributed by atoms with E-state index in [1.807, 2.05) is 0 Å². The molecule has 136 valence electrons. The molecule has 2 N–H and O–H groups in total. The first kappa shape index (κ1) is 17.9. The number of ether oxygens (including phenoxy) is 1. The van der Waals surface area contributed by atoms with Crippen molar-refractivity contribution in [2.45, 2.75) is 6.42 Å². The van der Waals surface area contributed by atoms with Gasteiger partial charge < -0.3 is 20.3 Å². The SMILES string of the molecule is COc1ccc(N2CC(C(=O)NCC(=O)Nc3nccs3)CC2=O)cc1. The maximum Gasteiger partial charge on any atom is 0.245 e. The van der Waals surface area contributed by atoms with Gasteiger partial charge in [-0.15, -0.1) is 11.3 Å². The molecule has 1 unspecified atom stereocenters. The number of aromatic nitrogens is 1. The van der Waals surface area contributed by atoms with Crippen molar-refractivity contribution in [2.24, 2.45) is 5.92 Å². The van der Waals surface area contributed by atoms with E-state index in [4.69, 9.17) is 4.74 Å². The van der Waals surface area contributed by atoms with Gasteiger partial charge in [-0.25, -0.2) is 4.98 Å². The minimum Gasteiger partial charge on any atom is -0.497 e. The van der Waals surface area contributed by atoms with Crippen molar-refractivity contribution in [3.8, 4) is 5.75 Å². The zero-order valence-electron chi connectivity index (χ0n) is 14.1. The molecule has 1 saturated heterocycles. The van der Waals surface area contributed by atoms with Gasteiger partial charge in [0.05, 0.1) is 19.6 Å². The van der Waals surface area contributed by atoms with E-state index in [-0.39, 0.29) is 37.2 Å². The van der Waals surface area contributed by atoms with E-state index >= 15 is 0 Å². The van der Waals surface area contributed by atoms with Crippen LogP contribution in [0.5, 0.6) is 5.75 Å². The molecule has 0 radical (unpaired) electrons. The summed E-state index contributed by atoms with van der Waals surface area (Å²) in [5.74, 6) is -0.589. The van der Waals surface area contributed by atoms with Gasteiger partial charge in [0.25, 0.3) is 0 Å². The molecule has 8 nitrogen and oxygen atoms in total. The van der Waals surface area contributed by atoms with E-state index in [1.165, 1.54) is 11.3 Å².